The second-order valence-corrected chi connectivity index (χ2v) is 4.47. The molecule has 1 unspecified atom stereocenters. The Labute approximate surface area is 94.8 Å². The molecule has 0 heterocycles. The van der Waals surface area contributed by atoms with Crippen molar-refractivity contribution in [3.8, 4) is 0 Å². The molecule has 0 saturated carbocycles. The number of thioether (sulfide) groups is 1. The third kappa shape index (κ3) is 7.25. The molecule has 0 saturated heterocycles. The maximum atomic E-state index is 11.2. The highest BCUT2D eigenvalue weighted by molar-refractivity contribution is 8.00. The van der Waals surface area contributed by atoms with Gasteiger partial charge in [-0.05, 0) is 18.6 Å². The van der Waals surface area contributed by atoms with Crippen molar-refractivity contribution in [2.24, 2.45) is 0 Å². The molecule has 15 heavy (non-hydrogen) atoms. The highest BCUT2D eigenvalue weighted by Crippen LogP contribution is 2.11. The normalized spacial score (nSPS) is 12.1. The maximum Gasteiger partial charge on any atom is 0.336 e. The number of nitrogens with one attached hydrogen (secondary N) is 1. The summed E-state index contributed by atoms with van der Waals surface area (Å²) < 4.78 is 0. The fourth-order valence-electron chi connectivity index (χ4n) is 0.966. The van der Waals surface area contributed by atoms with Crippen LogP contribution in [0.25, 0.3) is 0 Å². The van der Waals surface area contributed by atoms with E-state index in [4.69, 9.17) is 5.11 Å². The number of unbranched alkanes of at least 4 members (excludes halogenated alkanes) is 1. The Morgan fingerprint density at radius 2 is 2.00 bits per heavy atom. The summed E-state index contributed by atoms with van der Waals surface area (Å²) in [5.41, 5.74) is 0. The van der Waals surface area contributed by atoms with Crippen LogP contribution in [0, 0.1) is 0 Å². The van der Waals surface area contributed by atoms with Crippen LogP contribution in [0.5, 0.6) is 0 Å². The molecule has 88 valence electrons. The van der Waals surface area contributed by atoms with Crippen LogP contribution >= 0.6 is 11.8 Å². The van der Waals surface area contributed by atoms with Crippen molar-refractivity contribution in [1.29, 1.82) is 0 Å². The van der Waals surface area contributed by atoms with Crippen LogP contribution in [0.15, 0.2) is 0 Å². The number of carboxylic acid groups (broad SMARTS) is 1. The molecule has 1 amide bonds. The number of carbonyl (C=O) groups excluding carboxylic acids is 1. The summed E-state index contributed by atoms with van der Waals surface area (Å²) in [6.45, 7) is 3.94. The van der Waals surface area contributed by atoms with E-state index in [1.165, 1.54) is 11.8 Å². The zero-order valence-electron chi connectivity index (χ0n) is 9.28. The summed E-state index contributed by atoms with van der Waals surface area (Å²) in [6.07, 6.45) is 3.12. The first kappa shape index (κ1) is 14.3. The van der Waals surface area contributed by atoms with Crippen molar-refractivity contribution in [2.45, 2.75) is 44.9 Å². The second-order valence-electron chi connectivity index (χ2n) is 3.26. The topological polar surface area (TPSA) is 66.4 Å². The van der Waals surface area contributed by atoms with E-state index in [0.717, 1.165) is 25.0 Å². The summed E-state index contributed by atoms with van der Waals surface area (Å²) in [5.74, 6) is -0.394. The van der Waals surface area contributed by atoms with E-state index in [1.807, 2.05) is 13.8 Å². The van der Waals surface area contributed by atoms with Crippen molar-refractivity contribution < 1.29 is 14.7 Å². The van der Waals surface area contributed by atoms with Crippen LogP contribution in [-0.2, 0) is 9.59 Å². The van der Waals surface area contributed by atoms with E-state index in [1.54, 1.807) is 0 Å². The van der Waals surface area contributed by atoms with E-state index in [9.17, 15) is 9.59 Å². The van der Waals surface area contributed by atoms with Gasteiger partial charge in [-0.1, -0.05) is 20.3 Å². The van der Waals surface area contributed by atoms with Gasteiger partial charge in [-0.15, -0.1) is 11.8 Å². The van der Waals surface area contributed by atoms with Gasteiger partial charge < -0.3 is 10.4 Å². The molecule has 0 aliphatic carbocycles. The second kappa shape index (κ2) is 8.59. The Bertz CT molecular complexity index is 209. The molecule has 0 rings (SSSR count). The van der Waals surface area contributed by atoms with Crippen molar-refractivity contribution in [2.75, 3.05) is 5.75 Å². The van der Waals surface area contributed by atoms with Gasteiger partial charge >= 0.3 is 5.97 Å². The summed E-state index contributed by atoms with van der Waals surface area (Å²) in [5, 5.41) is 10.6. The summed E-state index contributed by atoms with van der Waals surface area (Å²) in [4.78, 5) is 22.0. The van der Waals surface area contributed by atoms with Gasteiger partial charge in [0.25, 0.3) is 0 Å². The van der Waals surface area contributed by atoms with E-state index in [0.29, 0.717) is 6.42 Å². The molecule has 0 aromatic carbocycles. The minimum atomic E-state index is -0.972. The number of amides is 1. The smallest absolute Gasteiger partial charge is 0.336 e. The molecule has 0 bridgehead atoms. The van der Waals surface area contributed by atoms with Crippen LogP contribution in [0.3, 0.4) is 0 Å². The highest BCUT2D eigenvalue weighted by Gasteiger charge is 2.19. The lowest BCUT2D eigenvalue weighted by Crippen LogP contribution is -2.38. The zero-order chi connectivity index (χ0) is 11.7. The number of aliphatic carboxylic acids is 1. The third-order valence-corrected chi connectivity index (χ3v) is 2.95. The Morgan fingerprint density at radius 1 is 1.33 bits per heavy atom. The lowest BCUT2D eigenvalue weighted by Gasteiger charge is -2.13. The van der Waals surface area contributed by atoms with E-state index in [2.05, 4.69) is 5.32 Å². The number of rotatable bonds is 8. The quantitative estimate of drug-likeness (QED) is 0.496. The SMILES string of the molecule is CCCCSC(NC(=O)CCC)C(=O)O. The molecule has 0 aliphatic rings. The van der Waals surface area contributed by atoms with E-state index in [-0.39, 0.29) is 5.91 Å². The number of hydrogen-bond donors (Lipinski definition) is 2. The maximum absolute atomic E-state index is 11.2. The van der Waals surface area contributed by atoms with Crippen LogP contribution in [0.2, 0.25) is 0 Å². The molecule has 4 nitrogen and oxygen atoms in total. The number of hydrogen-bond acceptors (Lipinski definition) is 3. The Morgan fingerprint density at radius 3 is 2.47 bits per heavy atom. The number of carbonyl (C=O) groups is 2. The van der Waals surface area contributed by atoms with Gasteiger partial charge in [-0.25, -0.2) is 4.79 Å². The monoisotopic (exact) mass is 233 g/mol. The van der Waals surface area contributed by atoms with Gasteiger partial charge in [0.05, 0.1) is 0 Å². The van der Waals surface area contributed by atoms with Gasteiger partial charge in [0.2, 0.25) is 5.91 Å². The standard InChI is InChI=1S/C10H19NO3S/c1-3-5-7-15-9(10(13)14)11-8(12)6-4-2/h9H,3-7H2,1-2H3,(H,11,12)(H,13,14). The van der Waals surface area contributed by atoms with Crippen molar-refractivity contribution >= 4 is 23.6 Å². The third-order valence-electron chi connectivity index (χ3n) is 1.78. The van der Waals surface area contributed by atoms with Crippen LogP contribution in [0.4, 0.5) is 0 Å². The first-order chi connectivity index (χ1) is 7.11. The lowest BCUT2D eigenvalue weighted by atomic mass is 10.3. The molecule has 5 heteroatoms. The fraction of sp³-hybridized carbons (Fsp3) is 0.800. The first-order valence-electron chi connectivity index (χ1n) is 5.25. The van der Waals surface area contributed by atoms with Crippen molar-refractivity contribution in [3.05, 3.63) is 0 Å². The summed E-state index contributed by atoms with van der Waals surface area (Å²) in [6, 6.07) is 0. The molecular weight excluding hydrogens is 214 g/mol. The van der Waals surface area contributed by atoms with Gasteiger partial charge in [-0.3, -0.25) is 4.79 Å². The molecular formula is C10H19NO3S. The lowest BCUT2D eigenvalue weighted by molar-refractivity contribution is -0.139. The predicted molar refractivity (Wildman–Crippen MR) is 61.8 cm³/mol. The predicted octanol–water partition coefficient (Wildman–Crippen LogP) is 1.85. The Hall–Kier alpha value is -0.710. The molecule has 0 aromatic heterocycles. The van der Waals surface area contributed by atoms with Gasteiger partial charge in [-0.2, -0.15) is 0 Å². The largest absolute Gasteiger partial charge is 0.479 e. The molecule has 0 aromatic rings. The summed E-state index contributed by atoms with van der Waals surface area (Å²) >= 11 is 1.28. The first-order valence-corrected chi connectivity index (χ1v) is 6.30. The van der Waals surface area contributed by atoms with Crippen LogP contribution in [-0.4, -0.2) is 28.1 Å². The van der Waals surface area contributed by atoms with Crippen molar-refractivity contribution in [3.63, 3.8) is 0 Å². The molecule has 0 aliphatic heterocycles. The Kier molecular flexibility index (Phi) is 8.18. The molecule has 2 N–H and O–H groups in total. The highest BCUT2D eigenvalue weighted by atomic mass is 32.2. The molecule has 0 fully saturated rings. The fourth-order valence-corrected chi connectivity index (χ4v) is 2.01. The minimum absolute atomic E-state index is 0.186. The zero-order valence-corrected chi connectivity index (χ0v) is 10.1. The molecule has 0 radical (unpaired) electrons. The van der Waals surface area contributed by atoms with Crippen LogP contribution < -0.4 is 5.32 Å². The molecule has 0 spiro atoms. The average Bonchev–Trinajstić information content (AvgIpc) is 2.16. The van der Waals surface area contributed by atoms with Crippen LogP contribution in [0.1, 0.15) is 39.5 Å². The van der Waals surface area contributed by atoms with E-state index < -0.39 is 11.3 Å². The Balaban J connectivity index is 3.93. The average molecular weight is 233 g/mol. The number of carboxylic acids is 1. The van der Waals surface area contributed by atoms with Gasteiger partial charge in [0, 0.05) is 6.42 Å². The van der Waals surface area contributed by atoms with Gasteiger partial charge in [0.1, 0.15) is 0 Å². The van der Waals surface area contributed by atoms with Gasteiger partial charge in [0.15, 0.2) is 5.37 Å². The summed E-state index contributed by atoms with van der Waals surface area (Å²) in [7, 11) is 0. The van der Waals surface area contributed by atoms with Crippen molar-refractivity contribution in [1.82, 2.24) is 5.32 Å². The van der Waals surface area contributed by atoms with E-state index >= 15 is 0 Å². The molecule has 1 atom stereocenters. The minimum Gasteiger partial charge on any atom is -0.479 e.